The van der Waals surface area contributed by atoms with E-state index in [1.54, 1.807) is 0 Å². The van der Waals surface area contributed by atoms with Gasteiger partial charge in [0, 0.05) is 48.2 Å². The Bertz CT molecular complexity index is 1410. The van der Waals surface area contributed by atoms with E-state index in [0.717, 1.165) is 36.4 Å². The van der Waals surface area contributed by atoms with Gasteiger partial charge in [-0.1, -0.05) is 35.8 Å². The first-order chi connectivity index (χ1) is 17.9. The molecule has 4 N–H and O–H groups in total. The molecule has 0 aliphatic carbocycles. The van der Waals surface area contributed by atoms with Crippen molar-refractivity contribution in [3.8, 4) is 11.3 Å². The number of pyridine rings is 1. The fourth-order valence-corrected chi connectivity index (χ4v) is 4.60. The fraction of sp³-hybridized carbons (Fsp3) is 0.280. The molecule has 0 spiro atoms. The lowest BCUT2D eigenvalue weighted by molar-refractivity contribution is 0.0958. The van der Waals surface area contributed by atoms with Crippen LogP contribution in [0.1, 0.15) is 41.8 Å². The van der Waals surface area contributed by atoms with E-state index in [1.165, 1.54) is 6.33 Å². The highest BCUT2D eigenvalue weighted by atomic mass is 35.5. The summed E-state index contributed by atoms with van der Waals surface area (Å²) < 4.78 is 4.89. The summed E-state index contributed by atoms with van der Waals surface area (Å²) in [6.07, 6.45) is 3.37. The van der Waals surface area contributed by atoms with Gasteiger partial charge in [-0.3, -0.25) is 4.79 Å². The van der Waals surface area contributed by atoms with Crippen LogP contribution in [0.2, 0.25) is 5.02 Å². The molecule has 4 aromatic rings. The molecule has 0 saturated carbocycles. The molecule has 190 valence electrons. The maximum Gasteiger partial charge on any atom is 0.315 e. The molecular formula is C25H26ClN9O2. The highest BCUT2D eigenvalue weighted by Gasteiger charge is 2.21. The van der Waals surface area contributed by atoms with Crippen molar-refractivity contribution < 1.29 is 9.32 Å². The van der Waals surface area contributed by atoms with Crippen molar-refractivity contribution in [2.45, 2.75) is 25.8 Å². The number of carbonyl (C=O) groups excluding carboxylic acids is 1. The zero-order chi connectivity index (χ0) is 25.9. The predicted octanol–water partition coefficient (Wildman–Crippen LogP) is 3.37. The van der Waals surface area contributed by atoms with Crippen LogP contribution in [0.4, 0.5) is 17.3 Å². The van der Waals surface area contributed by atoms with Crippen LogP contribution in [0.3, 0.4) is 0 Å². The maximum absolute atomic E-state index is 11.3. The van der Waals surface area contributed by atoms with Gasteiger partial charge in [-0.25, -0.2) is 15.0 Å². The second-order valence-corrected chi connectivity index (χ2v) is 9.25. The Hall–Kier alpha value is -4.09. The third-order valence-corrected chi connectivity index (χ3v) is 6.63. The van der Waals surface area contributed by atoms with E-state index in [0.29, 0.717) is 34.2 Å². The number of amides is 1. The minimum Gasteiger partial charge on any atom is -0.365 e. The molecule has 5 rings (SSSR count). The van der Waals surface area contributed by atoms with Crippen molar-refractivity contribution in [3.63, 3.8) is 0 Å². The Morgan fingerprint density at radius 2 is 2.08 bits per heavy atom. The van der Waals surface area contributed by atoms with Gasteiger partial charge in [-0.05, 0) is 30.7 Å². The van der Waals surface area contributed by atoms with Crippen LogP contribution in [-0.2, 0) is 0 Å². The minimum atomic E-state index is -0.777. The fourth-order valence-electron chi connectivity index (χ4n) is 4.26. The first-order valence-electron chi connectivity index (χ1n) is 11.8. The summed E-state index contributed by atoms with van der Waals surface area (Å²) in [6.45, 7) is 6.94. The summed E-state index contributed by atoms with van der Waals surface area (Å²) in [5.74, 6) is 0.300. The smallest absolute Gasteiger partial charge is 0.315 e. The van der Waals surface area contributed by atoms with Gasteiger partial charge in [-0.15, -0.1) is 0 Å². The summed E-state index contributed by atoms with van der Waals surface area (Å²) in [7, 11) is 0. The number of anilines is 3. The molecule has 1 saturated heterocycles. The van der Waals surface area contributed by atoms with E-state index in [9.17, 15) is 4.79 Å². The molecule has 11 nitrogen and oxygen atoms in total. The summed E-state index contributed by atoms with van der Waals surface area (Å²) in [4.78, 5) is 30.9. The molecule has 3 aromatic heterocycles. The highest BCUT2D eigenvalue weighted by Crippen LogP contribution is 2.32. The van der Waals surface area contributed by atoms with E-state index in [-0.39, 0.29) is 11.8 Å². The number of halogens is 1. The second kappa shape index (κ2) is 10.5. The number of primary amides is 1. The number of hydrogen-bond acceptors (Lipinski definition) is 10. The topological polar surface area (TPSA) is 148 Å². The van der Waals surface area contributed by atoms with Gasteiger partial charge in [0.15, 0.2) is 5.82 Å². The third kappa shape index (κ3) is 5.37. The van der Waals surface area contributed by atoms with Crippen LogP contribution < -0.4 is 21.3 Å². The molecule has 1 aliphatic rings. The van der Waals surface area contributed by atoms with Crippen LogP contribution in [-0.4, -0.2) is 56.7 Å². The van der Waals surface area contributed by atoms with Crippen molar-refractivity contribution in [1.29, 1.82) is 0 Å². The monoisotopic (exact) mass is 519 g/mol. The number of nitrogens with one attached hydrogen (secondary N) is 2. The Kier molecular flexibility index (Phi) is 6.97. The van der Waals surface area contributed by atoms with Gasteiger partial charge in [-0.2, -0.15) is 4.98 Å². The van der Waals surface area contributed by atoms with E-state index in [1.807, 2.05) is 43.5 Å². The normalized spacial score (nSPS) is 16.4. The first-order valence-corrected chi connectivity index (χ1v) is 12.2. The molecule has 0 unspecified atom stereocenters. The lowest BCUT2D eigenvalue weighted by Crippen LogP contribution is -2.49. The number of benzene rings is 1. The molecule has 2 atom stereocenters. The average molecular weight is 520 g/mol. The van der Waals surface area contributed by atoms with Crippen molar-refractivity contribution in [2.75, 3.05) is 29.9 Å². The van der Waals surface area contributed by atoms with Gasteiger partial charge >= 0.3 is 11.8 Å². The molecule has 12 heteroatoms. The van der Waals surface area contributed by atoms with Crippen molar-refractivity contribution in [3.05, 3.63) is 71.2 Å². The second-order valence-electron chi connectivity index (χ2n) is 8.84. The molecule has 4 heterocycles. The van der Waals surface area contributed by atoms with E-state index >= 15 is 0 Å². The lowest BCUT2D eigenvalue weighted by Gasteiger charge is -2.35. The largest absolute Gasteiger partial charge is 0.365 e. The SMILES string of the molecule is C[C@@H](c1noc(C(N)=O)n1)c1ccc(-c2cc(Nc3ccc(N4CCNC[C@@H]4C)cn3)ncn2)cc1Cl. The zero-order valence-corrected chi connectivity index (χ0v) is 21.1. The summed E-state index contributed by atoms with van der Waals surface area (Å²) in [6, 6.07) is 11.8. The molecule has 0 bridgehead atoms. The van der Waals surface area contributed by atoms with Gasteiger partial charge in [0.05, 0.1) is 17.6 Å². The number of aromatic nitrogens is 5. The highest BCUT2D eigenvalue weighted by molar-refractivity contribution is 6.31. The van der Waals surface area contributed by atoms with Gasteiger partial charge in [0.25, 0.3) is 0 Å². The van der Waals surface area contributed by atoms with Crippen LogP contribution in [0, 0.1) is 0 Å². The van der Waals surface area contributed by atoms with Crippen molar-refractivity contribution in [1.82, 2.24) is 30.4 Å². The Balaban J connectivity index is 1.31. The number of hydrogen-bond donors (Lipinski definition) is 3. The van der Waals surface area contributed by atoms with Crippen molar-refractivity contribution >= 4 is 34.8 Å². The minimum absolute atomic E-state index is 0.238. The number of nitrogens with two attached hydrogens (primary N) is 1. The predicted molar refractivity (Wildman–Crippen MR) is 140 cm³/mol. The summed E-state index contributed by atoms with van der Waals surface area (Å²) in [5.41, 5.74) is 8.58. The first kappa shape index (κ1) is 24.6. The molecule has 37 heavy (non-hydrogen) atoms. The summed E-state index contributed by atoms with van der Waals surface area (Å²) >= 11 is 6.60. The Morgan fingerprint density at radius 1 is 1.22 bits per heavy atom. The third-order valence-electron chi connectivity index (χ3n) is 6.31. The lowest BCUT2D eigenvalue weighted by atomic mass is 9.98. The number of rotatable bonds is 7. The molecule has 1 aliphatic heterocycles. The zero-order valence-electron chi connectivity index (χ0n) is 20.3. The molecule has 0 radical (unpaired) electrons. The van der Waals surface area contributed by atoms with Crippen LogP contribution in [0.15, 0.2) is 53.4 Å². The summed E-state index contributed by atoms with van der Waals surface area (Å²) in [5, 5.41) is 11.0. The molecule has 1 fully saturated rings. The van der Waals surface area contributed by atoms with Crippen LogP contribution >= 0.6 is 11.6 Å². The Labute approximate surface area is 218 Å². The van der Waals surface area contributed by atoms with Gasteiger partial charge in [0.2, 0.25) is 0 Å². The number of piperazine rings is 1. The molecule has 1 aromatic carbocycles. The van der Waals surface area contributed by atoms with Gasteiger partial charge in [0.1, 0.15) is 18.0 Å². The van der Waals surface area contributed by atoms with E-state index < -0.39 is 5.91 Å². The van der Waals surface area contributed by atoms with E-state index in [4.69, 9.17) is 21.9 Å². The van der Waals surface area contributed by atoms with Crippen molar-refractivity contribution in [2.24, 2.45) is 5.73 Å². The Morgan fingerprint density at radius 3 is 2.78 bits per heavy atom. The van der Waals surface area contributed by atoms with Crippen LogP contribution in [0.25, 0.3) is 11.3 Å². The molecule has 1 amide bonds. The number of carbonyl (C=O) groups is 1. The quantitative estimate of drug-likeness (QED) is 0.332. The number of nitrogens with zero attached hydrogens (tertiary/aromatic N) is 6. The van der Waals surface area contributed by atoms with Gasteiger partial charge < -0.3 is 25.8 Å². The van der Waals surface area contributed by atoms with E-state index in [2.05, 4.69) is 53.6 Å². The molecular weight excluding hydrogens is 494 g/mol. The van der Waals surface area contributed by atoms with Crippen LogP contribution in [0.5, 0.6) is 0 Å². The average Bonchev–Trinajstić information content (AvgIpc) is 3.40. The maximum atomic E-state index is 11.3. The standard InChI is InChI=1S/C25H26ClN9O2/c1-14-11-28-7-8-35(14)17-4-6-21(29-12-17)32-22-10-20(30-13-31-22)16-3-5-18(19(26)9-16)15(2)24-33-25(23(27)36)37-34-24/h3-6,9-10,12-15,28H,7-8,11H2,1-2H3,(H2,27,36)(H,29,30,31,32)/t14-,15+/m0/s1.